The lowest BCUT2D eigenvalue weighted by atomic mass is 10.1. The molecule has 0 bridgehead atoms. The zero-order valence-electron chi connectivity index (χ0n) is 14.3. The largest absolute Gasteiger partial charge is 0.431 e. The van der Waals surface area contributed by atoms with E-state index in [4.69, 9.17) is 16.0 Å². The van der Waals surface area contributed by atoms with Gasteiger partial charge in [-0.15, -0.1) is 11.3 Å². The molecule has 0 saturated heterocycles. The Morgan fingerprint density at radius 2 is 1.89 bits per heavy atom. The van der Waals surface area contributed by atoms with Crippen LogP contribution in [0.5, 0.6) is 0 Å². The van der Waals surface area contributed by atoms with Crippen LogP contribution in [0.1, 0.15) is 5.82 Å². The summed E-state index contributed by atoms with van der Waals surface area (Å²) in [6.07, 6.45) is 0. The van der Waals surface area contributed by atoms with E-state index in [2.05, 4.69) is 15.0 Å². The van der Waals surface area contributed by atoms with Crippen molar-refractivity contribution in [2.45, 2.75) is 11.0 Å². The van der Waals surface area contributed by atoms with Crippen LogP contribution in [0.2, 0.25) is 5.02 Å². The Kier molecular flexibility index (Phi) is 4.43. The van der Waals surface area contributed by atoms with E-state index in [0.717, 1.165) is 22.2 Å². The SMILES string of the molecule is O=c1[nH]c(CSc2nc3ccccc3o2)nc2scc(-c3ccccc3Cl)c12. The van der Waals surface area contributed by atoms with Gasteiger partial charge in [0, 0.05) is 21.5 Å². The molecule has 0 atom stereocenters. The van der Waals surface area contributed by atoms with Gasteiger partial charge in [0.1, 0.15) is 16.2 Å². The minimum Gasteiger partial charge on any atom is -0.431 e. The maximum atomic E-state index is 12.7. The normalized spacial score (nSPS) is 11.5. The van der Waals surface area contributed by atoms with E-state index in [-0.39, 0.29) is 5.56 Å². The zero-order valence-corrected chi connectivity index (χ0v) is 16.7. The molecular weight excluding hydrogens is 414 g/mol. The Morgan fingerprint density at radius 1 is 1.07 bits per heavy atom. The van der Waals surface area contributed by atoms with Crippen LogP contribution in [-0.4, -0.2) is 15.0 Å². The monoisotopic (exact) mass is 425 g/mol. The summed E-state index contributed by atoms with van der Waals surface area (Å²) in [5.41, 5.74) is 3.01. The van der Waals surface area contributed by atoms with Crippen molar-refractivity contribution >= 4 is 56.0 Å². The van der Waals surface area contributed by atoms with Crippen LogP contribution in [0.4, 0.5) is 0 Å². The molecule has 28 heavy (non-hydrogen) atoms. The number of fused-ring (bicyclic) bond motifs is 2. The average molecular weight is 426 g/mol. The Labute approximate surface area is 172 Å². The quantitative estimate of drug-likeness (QED) is 0.372. The molecule has 5 rings (SSSR count). The third-order valence-corrected chi connectivity index (χ3v) is 6.30. The average Bonchev–Trinajstić information content (AvgIpc) is 3.31. The lowest BCUT2D eigenvalue weighted by Gasteiger charge is -2.03. The third-order valence-electron chi connectivity index (χ3n) is 4.26. The number of thiophene rings is 1. The van der Waals surface area contributed by atoms with Gasteiger partial charge in [0.25, 0.3) is 10.8 Å². The summed E-state index contributed by atoms with van der Waals surface area (Å²) < 4.78 is 5.70. The summed E-state index contributed by atoms with van der Waals surface area (Å²) in [6.45, 7) is 0. The van der Waals surface area contributed by atoms with Gasteiger partial charge < -0.3 is 9.40 Å². The van der Waals surface area contributed by atoms with E-state index in [1.54, 1.807) is 0 Å². The van der Waals surface area contributed by atoms with Gasteiger partial charge in [-0.25, -0.2) is 9.97 Å². The second kappa shape index (κ2) is 7.09. The van der Waals surface area contributed by atoms with Gasteiger partial charge in [-0.1, -0.05) is 53.7 Å². The van der Waals surface area contributed by atoms with Gasteiger partial charge in [0.15, 0.2) is 5.58 Å². The minimum atomic E-state index is -0.172. The predicted molar refractivity (Wildman–Crippen MR) is 114 cm³/mol. The molecule has 0 aliphatic rings. The van der Waals surface area contributed by atoms with Crippen molar-refractivity contribution in [1.82, 2.24) is 15.0 Å². The number of aromatic amines is 1. The first-order valence-corrected chi connectivity index (χ1v) is 10.7. The molecule has 8 heteroatoms. The molecule has 2 aromatic carbocycles. The van der Waals surface area contributed by atoms with Crippen molar-refractivity contribution in [1.29, 1.82) is 0 Å². The van der Waals surface area contributed by atoms with Crippen molar-refractivity contribution in [3.63, 3.8) is 0 Å². The summed E-state index contributed by atoms with van der Waals surface area (Å²) in [6, 6.07) is 15.1. The molecule has 3 heterocycles. The lowest BCUT2D eigenvalue weighted by Crippen LogP contribution is -2.10. The van der Waals surface area contributed by atoms with Crippen LogP contribution in [0.15, 0.2) is 68.3 Å². The van der Waals surface area contributed by atoms with Gasteiger partial charge in [0.05, 0.1) is 11.1 Å². The van der Waals surface area contributed by atoms with E-state index in [1.165, 1.54) is 23.1 Å². The summed E-state index contributed by atoms with van der Waals surface area (Å²) in [5.74, 6) is 1.04. The van der Waals surface area contributed by atoms with Gasteiger partial charge >= 0.3 is 0 Å². The number of hydrogen-bond acceptors (Lipinski definition) is 6. The maximum Gasteiger partial charge on any atom is 0.260 e. The summed E-state index contributed by atoms with van der Waals surface area (Å²) >= 11 is 9.13. The van der Waals surface area contributed by atoms with E-state index in [0.29, 0.717) is 32.0 Å². The first-order chi connectivity index (χ1) is 13.7. The number of oxazole rings is 1. The number of thioether (sulfide) groups is 1. The molecule has 0 aliphatic heterocycles. The zero-order chi connectivity index (χ0) is 19.1. The van der Waals surface area contributed by atoms with E-state index < -0.39 is 0 Å². The molecule has 0 spiro atoms. The van der Waals surface area contributed by atoms with E-state index in [9.17, 15) is 4.79 Å². The topological polar surface area (TPSA) is 71.8 Å². The van der Waals surface area contributed by atoms with Crippen LogP contribution in [-0.2, 0) is 5.75 Å². The standard InChI is InChI=1S/C20H12ClN3O2S2/c21-13-6-2-1-5-11(13)12-9-27-19-17(12)18(25)23-16(24-19)10-28-20-22-14-7-3-4-8-15(14)26-20/h1-9H,10H2,(H,23,24,25). The Balaban J connectivity index is 1.47. The molecule has 1 N–H and O–H groups in total. The van der Waals surface area contributed by atoms with Crippen molar-refractivity contribution in [2.24, 2.45) is 0 Å². The highest BCUT2D eigenvalue weighted by molar-refractivity contribution is 7.98. The van der Waals surface area contributed by atoms with E-state index in [1.807, 2.05) is 53.9 Å². The first kappa shape index (κ1) is 17.5. The number of H-pyrrole nitrogens is 1. The van der Waals surface area contributed by atoms with Gasteiger partial charge in [-0.3, -0.25) is 4.79 Å². The van der Waals surface area contributed by atoms with Crippen LogP contribution in [0, 0.1) is 0 Å². The van der Waals surface area contributed by atoms with Gasteiger partial charge in [-0.05, 0) is 18.2 Å². The second-order valence-electron chi connectivity index (χ2n) is 6.06. The molecule has 3 aromatic heterocycles. The highest BCUT2D eigenvalue weighted by Gasteiger charge is 2.15. The van der Waals surface area contributed by atoms with Crippen molar-refractivity contribution in [2.75, 3.05) is 0 Å². The number of hydrogen-bond donors (Lipinski definition) is 1. The molecule has 0 amide bonds. The first-order valence-electron chi connectivity index (χ1n) is 8.43. The Bertz CT molecular complexity index is 1340. The fourth-order valence-electron chi connectivity index (χ4n) is 2.98. The lowest BCUT2D eigenvalue weighted by molar-refractivity contribution is 0.489. The molecule has 0 aliphatic carbocycles. The molecule has 0 fully saturated rings. The minimum absolute atomic E-state index is 0.172. The molecule has 0 saturated carbocycles. The predicted octanol–water partition coefficient (Wildman–Crippen LogP) is 5.74. The number of benzene rings is 2. The molecular formula is C20H12ClN3O2S2. The van der Waals surface area contributed by atoms with Gasteiger partial charge in [0.2, 0.25) is 0 Å². The fourth-order valence-corrected chi connectivity index (χ4v) is 4.89. The Hall–Kier alpha value is -2.61. The number of nitrogens with zero attached hydrogens (tertiary/aromatic N) is 2. The molecule has 5 nitrogen and oxygen atoms in total. The van der Waals surface area contributed by atoms with Crippen LogP contribution in [0.3, 0.4) is 0 Å². The van der Waals surface area contributed by atoms with Crippen molar-refractivity contribution < 1.29 is 4.42 Å². The highest BCUT2D eigenvalue weighted by Crippen LogP contribution is 2.35. The van der Waals surface area contributed by atoms with E-state index >= 15 is 0 Å². The summed E-state index contributed by atoms with van der Waals surface area (Å²) in [7, 11) is 0. The van der Waals surface area contributed by atoms with Crippen LogP contribution < -0.4 is 5.56 Å². The maximum absolute atomic E-state index is 12.7. The summed E-state index contributed by atoms with van der Waals surface area (Å²) in [5, 5.41) is 3.64. The molecule has 0 radical (unpaired) electrons. The molecule has 5 aromatic rings. The highest BCUT2D eigenvalue weighted by atomic mass is 35.5. The van der Waals surface area contributed by atoms with Gasteiger partial charge in [-0.2, -0.15) is 0 Å². The summed E-state index contributed by atoms with van der Waals surface area (Å²) in [4.78, 5) is 25.3. The number of aromatic nitrogens is 3. The van der Waals surface area contributed by atoms with Crippen LogP contribution in [0.25, 0.3) is 32.4 Å². The third kappa shape index (κ3) is 3.11. The van der Waals surface area contributed by atoms with Crippen LogP contribution >= 0.6 is 34.7 Å². The van der Waals surface area contributed by atoms with Crippen molar-refractivity contribution in [3.05, 3.63) is 75.1 Å². The number of rotatable bonds is 4. The Morgan fingerprint density at radius 3 is 2.75 bits per heavy atom. The van der Waals surface area contributed by atoms with Crippen molar-refractivity contribution in [3.8, 4) is 11.1 Å². The molecule has 138 valence electrons. The second-order valence-corrected chi connectivity index (χ2v) is 8.25. The molecule has 0 unspecified atom stereocenters. The number of nitrogens with one attached hydrogen (secondary N) is 1. The number of halogens is 1. The number of para-hydroxylation sites is 2. The fraction of sp³-hybridized carbons (Fsp3) is 0.0500. The smallest absolute Gasteiger partial charge is 0.260 e.